The van der Waals surface area contributed by atoms with Gasteiger partial charge in [0.05, 0.1) is 6.61 Å². The van der Waals surface area contributed by atoms with Crippen LogP contribution in [0.5, 0.6) is 0 Å². The summed E-state index contributed by atoms with van der Waals surface area (Å²) in [6, 6.07) is 19.4. The summed E-state index contributed by atoms with van der Waals surface area (Å²) in [5.74, 6) is 0. The number of hydrogen-bond donors (Lipinski definition) is 2. The predicted molar refractivity (Wildman–Crippen MR) is 83.7 cm³/mol. The topological polar surface area (TPSA) is 32.3 Å². The van der Waals surface area contributed by atoms with Crippen molar-refractivity contribution in [2.75, 3.05) is 6.61 Å². The number of nitrogens with one attached hydrogen (secondary N) is 1. The Labute approximate surface area is 121 Å². The van der Waals surface area contributed by atoms with Crippen molar-refractivity contribution >= 4 is 0 Å². The summed E-state index contributed by atoms with van der Waals surface area (Å²) < 4.78 is 0. The van der Waals surface area contributed by atoms with Gasteiger partial charge < -0.3 is 10.4 Å². The highest BCUT2D eigenvalue weighted by atomic mass is 16.3. The second-order valence-corrected chi connectivity index (χ2v) is 5.40. The summed E-state index contributed by atoms with van der Waals surface area (Å²) in [4.78, 5) is 0. The molecule has 0 heterocycles. The third-order valence-corrected chi connectivity index (χ3v) is 3.52. The molecule has 0 unspecified atom stereocenters. The lowest BCUT2D eigenvalue weighted by Gasteiger charge is -2.23. The van der Waals surface area contributed by atoms with Crippen LogP contribution in [-0.2, 0) is 6.42 Å². The summed E-state index contributed by atoms with van der Waals surface area (Å²) in [5.41, 5.74) is 3.83. The maximum Gasteiger partial charge on any atom is 0.0582 e. The van der Waals surface area contributed by atoms with Crippen LogP contribution in [0.1, 0.15) is 29.7 Å². The lowest BCUT2D eigenvalue weighted by molar-refractivity contribution is 0.240. The average molecular weight is 269 g/mol. The van der Waals surface area contributed by atoms with Gasteiger partial charge in [0, 0.05) is 12.1 Å². The first-order valence-corrected chi connectivity index (χ1v) is 7.16. The second-order valence-electron chi connectivity index (χ2n) is 5.40. The zero-order valence-corrected chi connectivity index (χ0v) is 12.2. The molecule has 20 heavy (non-hydrogen) atoms. The van der Waals surface area contributed by atoms with Crippen molar-refractivity contribution in [3.05, 3.63) is 71.3 Å². The van der Waals surface area contributed by atoms with E-state index in [1.807, 2.05) is 13.0 Å². The van der Waals surface area contributed by atoms with Crippen molar-refractivity contribution in [1.29, 1.82) is 0 Å². The first kappa shape index (κ1) is 14.8. The molecular weight excluding hydrogens is 246 g/mol. The largest absolute Gasteiger partial charge is 0.395 e. The van der Waals surface area contributed by atoms with Crippen LogP contribution in [0.4, 0.5) is 0 Å². The molecule has 0 radical (unpaired) electrons. The Morgan fingerprint density at radius 1 is 1.00 bits per heavy atom. The molecule has 2 N–H and O–H groups in total. The van der Waals surface area contributed by atoms with E-state index in [-0.39, 0.29) is 18.7 Å². The fraction of sp³-hybridized carbons (Fsp3) is 0.333. The van der Waals surface area contributed by atoms with E-state index >= 15 is 0 Å². The van der Waals surface area contributed by atoms with Gasteiger partial charge in [0.2, 0.25) is 0 Å². The summed E-state index contributed by atoms with van der Waals surface area (Å²) in [6.07, 6.45) is 0.925. The molecule has 0 aromatic heterocycles. The molecule has 106 valence electrons. The van der Waals surface area contributed by atoms with E-state index < -0.39 is 0 Å². The van der Waals surface area contributed by atoms with Gasteiger partial charge in [-0.3, -0.25) is 0 Å². The normalized spacial score (nSPS) is 13.9. The van der Waals surface area contributed by atoms with Crippen LogP contribution >= 0.6 is 0 Å². The third-order valence-electron chi connectivity index (χ3n) is 3.52. The van der Waals surface area contributed by atoms with Crippen LogP contribution in [-0.4, -0.2) is 17.8 Å². The highest BCUT2D eigenvalue weighted by molar-refractivity contribution is 5.27. The van der Waals surface area contributed by atoms with E-state index in [1.165, 1.54) is 16.7 Å². The van der Waals surface area contributed by atoms with Gasteiger partial charge >= 0.3 is 0 Å². The van der Waals surface area contributed by atoms with Gasteiger partial charge in [-0.15, -0.1) is 0 Å². The molecule has 2 rings (SSSR count). The summed E-state index contributed by atoms with van der Waals surface area (Å²) in [5, 5.41) is 12.8. The second kappa shape index (κ2) is 7.22. The number of rotatable bonds is 6. The zero-order valence-electron chi connectivity index (χ0n) is 12.2. The number of aryl methyl sites for hydroxylation is 1. The smallest absolute Gasteiger partial charge is 0.0582 e. The van der Waals surface area contributed by atoms with Gasteiger partial charge in [-0.25, -0.2) is 0 Å². The SMILES string of the molecule is Cc1ccc([C@@H](Cc2ccccc2)N[C@@H](C)CO)cc1. The Morgan fingerprint density at radius 2 is 1.65 bits per heavy atom. The summed E-state index contributed by atoms with van der Waals surface area (Å²) in [7, 11) is 0. The molecular formula is C18H23NO. The molecule has 2 heteroatoms. The molecule has 0 fully saturated rings. The molecule has 0 spiro atoms. The van der Waals surface area contributed by atoms with Gasteiger partial charge in [-0.05, 0) is 31.4 Å². The Hall–Kier alpha value is -1.64. The van der Waals surface area contributed by atoms with Gasteiger partial charge in [0.15, 0.2) is 0 Å². The molecule has 0 aliphatic heterocycles. The number of hydrogen-bond acceptors (Lipinski definition) is 2. The Kier molecular flexibility index (Phi) is 5.33. The van der Waals surface area contributed by atoms with Crippen LogP contribution < -0.4 is 5.32 Å². The lowest BCUT2D eigenvalue weighted by atomic mass is 9.97. The van der Waals surface area contributed by atoms with Crippen LogP contribution in [0, 0.1) is 6.92 Å². The van der Waals surface area contributed by atoms with Crippen LogP contribution in [0.2, 0.25) is 0 Å². The fourth-order valence-electron chi connectivity index (χ4n) is 2.32. The van der Waals surface area contributed by atoms with Gasteiger partial charge in [-0.2, -0.15) is 0 Å². The third kappa shape index (κ3) is 4.19. The van der Waals surface area contributed by atoms with E-state index in [0.29, 0.717) is 0 Å². The van der Waals surface area contributed by atoms with E-state index in [0.717, 1.165) is 6.42 Å². The summed E-state index contributed by atoms with van der Waals surface area (Å²) in [6.45, 7) is 4.25. The van der Waals surface area contributed by atoms with Crippen molar-refractivity contribution in [3.8, 4) is 0 Å². The van der Waals surface area contributed by atoms with E-state index in [1.54, 1.807) is 0 Å². The maximum atomic E-state index is 9.28. The number of benzene rings is 2. The van der Waals surface area contributed by atoms with E-state index in [9.17, 15) is 5.11 Å². The fourth-order valence-corrected chi connectivity index (χ4v) is 2.32. The van der Waals surface area contributed by atoms with Gasteiger partial charge in [-0.1, -0.05) is 60.2 Å². The van der Waals surface area contributed by atoms with Crippen molar-refractivity contribution in [2.24, 2.45) is 0 Å². The Balaban J connectivity index is 2.18. The first-order valence-electron chi connectivity index (χ1n) is 7.16. The highest BCUT2D eigenvalue weighted by Gasteiger charge is 2.14. The molecule has 2 aromatic carbocycles. The number of aliphatic hydroxyl groups is 1. The van der Waals surface area contributed by atoms with E-state index in [2.05, 4.69) is 60.8 Å². The highest BCUT2D eigenvalue weighted by Crippen LogP contribution is 2.19. The lowest BCUT2D eigenvalue weighted by Crippen LogP contribution is -2.34. The monoisotopic (exact) mass is 269 g/mol. The molecule has 0 amide bonds. The standard InChI is InChI=1S/C18H23NO/c1-14-8-10-17(11-9-14)18(19-15(2)13-20)12-16-6-4-3-5-7-16/h3-11,15,18-20H,12-13H2,1-2H3/t15-,18+/m0/s1. The molecule has 0 aliphatic rings. The Bertz CT molecular complexity index is 507. The van der Waals surface area contributed by atoms with Crippen molar-refractivity contribution in [2.45, 2.75) is 32.4 Å². The number of aliphatic hydroxyl groups excluding tert-OH is 1. The summed E-state index contributed by atoms with van der Waals surface area (Å²) >= 11 is 0. The molecule has 0 bridgehead atoms. The Morgan fingerprint density at radius 3 is 2.25 bits per heavy atom. The molecule has 2 atom stereocenters. The maximum absolute atomic E-state index is 9.28. The average Bonchev–Trinajstić information content (AvgIpc) is 2.48. The molecule has 2 nitrogen and oxygen atoms in total. The van der Waals surface area contributed by atoms with Crippen LogP contribution in [0.15, 0.2) is 54.6 Å². The zero-order chi connectivity index (χ0) is 14.4. The van der Waals surface area contributed by atoms with Crippen molar-refractivity contribution < 1.29 is 5.11 Å². The molecule has 0 saturated heterocycles. The van der Waals surface area contributed by atoms with Gasteiger partial charge in [0.25, 0.3) is 0 Å². The quantitative estimate of drug-likeness (QED) is 0.843. The van der Waals surface area contributed by atoms with E-state index in [4.69, 9.17) is 0 Å². The first-order chi connectivity index (χ1) is 9.69. The minimum absolute atomic E-state index is 0.0880. The predicted octanol–water partition coefficient (Wildman–Crippen LogP) is 3.25. The molecule has 2 aromatic rings. The van der Waals surface area contributed by atoms with Gasteiger partial charge in [0.1, 0.15) is 0 Å². The molecule has 0 saturated carbocycles. The minimum atomic E-state index is 0.0880. The van der Waals surface area contributed by atoms with Crippen molar-refractivity contribution in [3.63, 3.8) is 0 Å². The van der Waals surface area contributed by atoms with Crippen LogP contribution in [0.25, 0.3) is 0 Å². The molecule has 0 aliphatic carbocycles. The van der Waals surface area contributed by atoms with Crippen LogP contribution in [0.3, 0.4) is 0 Å². The minimum Gasteiger partial charge on any atom is -0.395 e. The van der Waals surface area contributed by atoms with Crippen molar-refractivity contribution in [1.82, 2.24) is 5.32 Å².